The van der Waals surface area contributed by atoms with Crippen LogP contribution in [0.1, 0.15) is 33.6 Å². The zero-order valence-corrected chi connectivity index (χ0v) is 13.7. The van der Waals surface area contributed by atoms with Crippen molar-refractivity contribution in [3.05, 3.63) is 0 Å². The van der Waals surface area contributed by atoms with E-state index in [-0.39, 0.29) is 18.1 Å². The molecule has 0 bridgehead atoms. The van der Waals surface area contributed by atoms with Crippen LogP contribution in [0, 0.1) is 0 Å². The number of nitrogens with one attached hydrogen (secondary N) is 1. The van der Waals surface area contributed by atoms with Gasteiger partial charge in [0.25, 0.3) is 0 Å². The maximum atomic E-state index is 12.1. The summed E-state index contributed by atoms with van der Waals surface area (Å²) in [6.45, 7) is 9.30. The van der Waals surface area contributed by atoms with Crippen LogP contribution >= 0.6 is 0 Å². The maximum Gasteiger partial charge on any atom is 0.324 e. The maximum absolute atomic E-state index is 12.1. The number of carbonyl (C=O) groups is 1. The van der Waals surface area contributed by atoms with E-state index in [2.05, 4.69) is 43.1 Å². The van der Waals surface area contributed by atoms with Crippen molar-refractivity contribution < 1.29 is 9.53 Å². The predicted molar refractivity (Wildman–Crippen MR) is 81.8 cm³/mol. The van der Waals surface area contributed by atoms with Gasteiger partial charge >= 0.3 is 5.97 Å². The molecule has 2 unspecified atom stereocenters. The molecule has 0 radical (unpaired) electrons. The number of esters is 1. The number of rotatable bonds is 8. The minimum atomic E-state index is -0.224. The summed E-state index contributed by atoms with van der Waals surface area (Å²) in [6, 6.07) is 0.605. The standard InChI is InChI=1S/C15H31N3O2/c1-6-20-15(19)14(16-12(2)3)11-18-9-7-8-13(18)10-17(4)5/h12-14,16H,6-11H2,1-5H3. The Bertz CT molecular complexity index is 295. The first-order valence-electron chi connectivity index (χ1n) is 7.75. The van der Waals surface area contributed by atoms with Gasteiger partial charge in [-0.15, -0.1) is 0 Å². The molecule has 1 N–H and O–H groups in total. The predicted octanol–water partition coefficient (Wildman–Crippen LogP) is 0.942. The highest BCUT2D eigenvalue weighted by molar-refractivity contribution is 5.76. The quantitative estimate of drug-likeness (QED) is 0.673. The third kappa shape index (κ3) is 5.77. The Labute approximate surface area is 123 Å². The van der Waals surface area contributed by atoms with Gasteiger partial charge < -0.3 is 15.0 Å². The molecule has 0 aromatic carbocycles. The van der Waals surface area contributed by atoms with E-state index < -0.39 is 0 Å². The average Bonchev–Trinajstić information content (AvgIpc) is 2.74. The van der Waals surface area contributed by atoms with Crippen LogP contribution in [0.2, 0.25) is 0 Å². The van der Waals surface area contributed by atoms with Crippen LogP contribution in [0.3, 0.4) is 0 Å². The van der Waals surface area contributed by atoms with Gasteiger partial charge in [0.05, 0.1) is 6.61 Å². The van der Waals surface area contributed by atoms with Crippen molar-refractivity contribution in [3.63, 3.8) is 0 Å². The molecule has 0 aliphatic carbocycles. The van der Waals surface area contributed by atoms with E-state index in [9.17, 15) is 4.79 Å². The van der Waals surface area contributed by atoms with Crippen LogP contribution < -0.4 is 5.32 Å². The van der Waals surface area contributed by atoms with Gasteiger partial charge in [-0.25, -0.2) is 0 Å². The average molecular weight is 285 g/mol. The highest BCUT2D eigenvalue weighted by atomic mass is 16.5. The Hall–Kier alpha value is -0.650. The molecule has 0 saturated carbocycles. The summed E-state index contributed by atoms with van der Waals surface area (Å²) in [5.41, 5.74) is 0. The van der Waals surface area contributed by atoms with E-state index in [1.54, 1.807) is 0 Å². The van der Waals surface area contributed by atoms with Gasteiger partial charge in [-0.1, -0.05) is 13.8 Å². The van der Waals surface area contributed by atoms with Crippen molar-refractivity contribution in [3.8, 4) is 0 Å². The molecule has 1 heterocycles. The van der Waals surface area contributed by atoms with Gasteiger partial charge in [-0.05, 0) is 40.4 Å². The van der Waals surface area contributed by atoms with E-state index in [1.807, 2.05) is 6.92 Å². The first kappa shape index (κ1) is 17.4. The van der Waals surface area contributed by atoms with Crippen LogP contribution in [0.25, 0.3) is 0 Å². The van der Waals surface area contributed by atoms with Gasteiger partial charge in [0.1, 0.15) is 6.04 Å². The number of ether oxygens (including phenoxy) is 1. The lowest BCUT2D eigenvalue weighted by Crippen LogP contribution is -2.51. The number of likely N-dealkylation sites (tertiary alicyclic amines) is 1. The Kier molecular flexibility index (Phi) is 7.48. The molecule has 0 spiro atoms. The normalized spacial score (nSPS) is 21.6. The molecule has 5 nitrogen and oxygen atoms in total. The number of nitrogens with zero attached hydrogens (tertiary/aromatic N) is 2. The molecular formula is C15H31N3O2. The summed E-state index contributed by atoms with van der Waals surface area (Å²) in [5, 5.41) is 3.34. The van der Waals surface area contributed by atoms with Crippen LogP contribution in [0.5, 0.6) is 0 Å². The van der Waals surface area contributed by atoms with E-state index in [1.165, 1.54) is 12.8 Å². The highest BCUT2D eigenvalue weighted by Crippen LogP contribution is 2.18. The molecular weight excluding hydrogens is 254 g/mol. The molecule has 20 heavy (non-hydrogen) atoms. The monoisotopic (exact) mass is 285 g/mol. The second-order valence-corrected chi connectivity index (χ2v) is 6.18. The zero-order chi connectivity index (χ0) is 15.1. The number of hydrogen-bond donors (Lipinski definition) is 1. The zero-order valence-electron chi connectivity index (χ0n) is 13.7. The van der Waals surface area contributed by atoms with Crippen LogP contribution in [0.15, 0.2) is 0 Å². The Morgan fingerprint density at radius 2 is 2.15 bits per heavy atom. The molecule has 0 amide bonds. The minimum absolute atomic E-state index is 0.128. The molecule has 1 aliphatic heterocycles. The van der Waals surface area contributed by atoms with Crippen molar-refractivity contribution in [1.82, 2.24) is 15.1 Å². The molecule has 5 heteroatoms. The van der Waals surface area contributed by atoms with Crippen molar-refractivity contribution >= 4 is 5.97 Å². The molecule has 1 aliphatic rings. The molecule has 0 aromatic heterocycles. The van der Waals surface area contributed by atoms with Gasteiger partial charge in [-0.2, -0.15) is 0 Å². The topological polar surface area (TPSA) is 44.8 Å². The second kappa shape index (κ2) is 8.60. The summed E-state index contributed by atoms with van der Waals surface area (Å²) >= 11 is 0. The SMILES string of the molecule is CCOC(=O)C(CN1CCCC1CN(C)C)NC(C)C. The fraction of sp³-hybridized carbons (Fsp3) is 0.933. The van der Waals surface area contributed by atoms with E-state index in [4.69, 9.17) is 4.74 Å². The third-order valence-electron chi connectivity index (χ3n) is 3.60. The summed E-state index contributed by atoms with van der Waals surface area (Å²) < 4.78 is 5.19. The Morgan fingerprint density at radius 1 is 1.45 bits per heavy atom. The van der Waals surface area contributed by atoms with E-state index in [0.29, 0.717) is 12.6 Å². The van der Waals surface area contributed by atoms with Gasteiger partial charge in [0, 0.05) is 25.2 Å². The second-order valence-electron chi connectivity index (χ2n) is 6.18. The Balaban J connectivity index is 2.60. The number of likely N-dealkylation sites (N-methyl/N-ethyl adjacent to an activating group) is 1. The van der Waals surface area contributed by atoms with Crippen molar-refractivity contribution in [2.45, 2.75) is 51.7 Å². The molecule has 1 rings (SSSR count). The summed E-state index contributed by atoms with van der Waals surface area (Å²) in [6.07, 6.45) is 2.44. The van der Waals surface area contributed by atoms with Crippen LogP contribution in [-0.4, -0.2) is 74.2 Å². The summed E-state index contributed by atoms with van der Waals surface area (Å²) in [7, 11) is 4.21. The minimum Gasteiger partial charge on any atom is -0.465 e. The lowest BCUT2D eigenvalue weighted by molar-refractivity contribution is -0.146. The fourth-order valence-electron chi connectivity index (χ4n) is 2.84. The van der Waals surface area contributed by atoms with E-state index >= 15 is 0 Å². The fourth-order valence-corrected chi connectivity index (χ4v) is 2.84. The summed E-state index contributed by atoms with van der Waals surface area (Å²) in [4.78, 5) is 16.7. The van der Waals surface area contributed by atoms with Crippen molar-refractivity contribution in [2.75, 3.05) is 40.3 Å². The first-order valence-corrected chi connectivity index (χ1v) is 7.75. The molecule has 118 valence electrons. The van der Waals surface area contributed by atoms with Gasteiger partial charge in [-0.3, -0.25) is 9.69 Å². The first-order chi connectivity index (χ1) is 9.43. The lowest BCUT2D eigenvalue weighted by atomic mass is 10.2. The molecule has 0 aromatic rings. The van der Waals surface area contributed by atoms with Crippen molar-refractivity contribution in [1.29, 1.82) is 0 Å². The largest absolute Gasteiger partial charge is 0.465 e. The Morgan fingerprint density at radius 3 is 2.70 bits per heavy atom. The molecule has 2 atom stereocenters. The van der Waals surface area contributed by atoms with Gasteiger partial charge in [0.15, 0.2) is 0 Å². The van der Waals surface area contributed by atoms with Crippen LogP contribution in [-0.2, 0) is 9.53 Å². The molecule has 1 saturated heterocycles. The summed E-state index contributed by atoms with van der Waals surface area (Å²) in [5.74, 6) is -0.128. The smallest absolute Gasteiger partial charge is 0.324 e. The van der Waals surface area contributed by atoms with Crippen LogP contribution in [0.4, 0.5) is 0 Å². The highest BCUT2D eigenvalue weighted by Gasteiger charge is 2.30. The third-order valence-corrected chi connectivity index (χ3v) is 3.60. The lowest BCUT2D eigenvalue weighted by Gasteiger charge is -2.30. The van der Waals surface area contributed by atoms with E-state index in [0.717, 1.165) is 19.6 Å². The molecule has 1 fully saturated rings. The van der Waals surface area contributed by atoms with Gasteiger partial charge in [0.2, 0.25) is 0 Å². The number of hydrogen-bond acceptors (Lipinski definition) is 5. The van der Waals surface area contributed by atoms with Crippen molar-refractivity contribution in [2.24, 2.45) is 0 Å². The number of carbonyl (C=O) groups excluding carboxylic acids is 1.